The average Bonchev–Trinajstić information content (AvgIpc) is 2.98. The number of hydrogen-bond acceptors (Lipinski definition) is 4. The zero-order valence-electron chi connectivity index (χ0n) is 13.1. The molecule has 2 aliphatic rings. The molecular formula is C18H18Cl2N2O2. The van der Waals surface area contributed by atoms with Gasteiger partial charge in [-0.1, -0.05) is 41.4 Å². The average molecular weight is 365 g/mol. The smallest absolute Gasteiger partial charge is 0.122 e. The minimum absolute atomic E-state index is 0.0975. The van der Waals surface area contributed by atoms with E-state index in [-0.39, 0.29) is 17.9 Å². The number of likely N-dealkylation sites (tertiary alicyclic amines) is 1. The third-order valence-electron chi connectivity index (χ3n) is 5.18. The maximum Gasteiger partial charge on any atom is 0.122 e. The topological polar surface area (TPSA) is 45.6 Å². The molecule has 4 nitrogen and oxygen atoms in total. The van der Waals surface area contributed by atoms with Crippen LogP contribution in [0.15, 0.2) is 36.7 Å². The van der Waals surface area contributed by atoms with Gasteiger partial charge in [-0.05, 0) is 11.6 Å². The molecular weight excluding hydrogens is 347 g/mol. The van der Waals surface area contributed by atoms with Crippen LogP contribution < -0.4 is 4.74 Å². The Hall–Kier alpha value is -1.33. The molecule has 2 aromatic rings. The summed E-state index contributed by atoms with van der Waals surface area (Å²) in [6.45, 7) is 2.85. The fourth-order valence-electron chi connectivity index (χ4n) is 3.91. The van der Waals surface area contributed by atoms with E-state index in [9.17, 15) is 5.11 Å². The molecule has 3 heterocycles. The lowest BCUT2D eigenvalue weighted by atomic mass is 9.74. The molecule has 0 saturated carbocycles. The normalized spacial score (nSPS) is 25.9. The van der Waals surface area contributed by atoms with Gasteiger partial charge in [0.25, 0.3) is 0 Å². The first-order chi connectivity index (χ1) is 11.6. The maximum absolute atomic E-state index is 10.1. The van der Waals surface area contributed by atoms with Crippen molar-refractivity contribution in [2.75, 3.05) is 26.3 Å². The van der Waals surface area contributed by atoms with E-state index in [1.807, 2.05) is 18.2 Å². The Kier molecular flexibility index (Phi) is 4.17. The van der Waals surface area contributed by atoms with E-state index in [4.69, 9.17) is 27.9 Å². The summed E-state index contributed by atoms with van der Waals surface area (Å²) in [5.74, 6) is 1.17. The van der Waals surface area contributed by atoms with E-state index in [1.165, 1.54) is 5.56 Å². The predicted octanol–water partition coefficient (Wildman–Crippen LogP) is 3.36. The van der Waals surface area contributed by atoms with Crippen LogP contribution >= 0.6 is 23.2 Å². The van der Waals surface area contributed by atoms with Crippen molar-refractivity contribution >= 4 is 23.2 Å². The van der Waals surface area contributed by atoms with E-state index in [2.05, 4.69) is 16.0 Å². The van der Waals surface area contributed by atoms with Gasteiger partial charge in [-0.2, -0.15) is 0 Å². The Morgan fingerprint density at radius 2 is 2.00 bits per heavy atom. The highest BCUT2D eigenvalue weighted by atomic mass is 35.5. The molecule has 0 unspecified atom stereocenters. The van der Waals surface area contributed by atoms with Crippen molar-refractivity contribution in [2.24, 2.45) is 5.41 Å². The number of benzene rings is 1. The largest absolute Gasteiger partial charge is 0.493 e. The van der Waals surface area contributed by atoms with Crippen LogP contribution in [0.25, 0.3) is 0 Å². The van der Waals surface area contributed by atoms with Gasteiger partial charge in [-0.25, -0.2) is 0 Å². The summed E-state index contributed by atoms with van der Waals surface area (Å²) in [5, 5.41) is 11.3. The number of hydrogen-bond donors (Lipinski definition) is 1. The van der Waals surface area contributed by atoms with Crippen LogP contribution in [-0.4, -0.2) is 41.3 Å². The number of fused-ring (bicyclic) bond motifs is 3. The predicted molar refractivity (Wildman–Crippen MR) is 93.7 cm³/mol. The molecule has 6 heteroatoms. The lowest BCUT2D eigenvalue weighted by Gasteiger charge is -2.38. The van der Waals surface area contributed by atoms with Gasteiger partial charge < -0.3 is 9.84 Å². The second kappa shape index (κ2) is 6.19. The van der Waals surface area contributed by atoms with Gasteiger partial charge in [-0.15, -0.1) is 0 Å². The minimum atomic E-state index is -0.277. The van der Waals surface area contributed by atoms with Gasteiger partial charge in [-0.3, -0.25) is 9.88 Å². The standard InChI is InChI=1S/C18H18Cl2N2O2/c19-15-5-21-6-16(20)13(15)7-22-8-14-12-3-1-2-4-17(12)24-11-18(14,9-22)10-23/h1-6,14,23H,7-11H2/t14-,18-/m0/s1. The van der Waals surface area contributed by atoms with Crippen LogP contribution in [0, 0.1) is 5.41 Å². The molecule has 1 saturated heterocycles. The summed E-state index contributed by atoms with van der Waals surface area (Å²) in [5.41, 5.74) is 1.78. The zero-order valence-corrected chi connectivity index (χ0v) is 14.6. The monoisotopic (exact) mass is 364 g/mol. The summed E-state index contributed by atoms with van der Waals surface area (Å²) in [7, 11) is 0. The summed E-state index contributed by atoms with van der Waals surface area (Å²) >= 11 is 12.5. The van der Waals surface area contributed by atoms with E-state index < -0.39 is 0 Å². The number of nitrogens with zero attached hydrogens (tertiary/aromatic N) is 2. The fraction of sp³-hybridized carbons (Fsp3) is 0.389. The maximum atomic E-state index is 10.1. The lowest BCUT2D eigenvalue weighted by Crippen LogP contribution is -2.42. The van der Waals surface area contributed by atoms with E-state index in [0.29, 0.717) is 23.2 Å². The molecule has 0 aliphatic carbocycles. The molecule has 4 rings (SSSR count). The fourth-order valence-corrected chi connectivity index (χ4v) is 4.39. The molecule has 24 heavy (non-hydrogen) atoms. The van der Waals surface area contributed by atoms with Crippen molar-refractivity contribution < 1.29 is 9.84 Å². The summed E-state index contributed by atoms with van der Waals surface area (Å²) < 4.78 is 5.93. The Morgan fingerprint density at radius 3 is 2.75 bits per heavy atom. The SMILES string of the molecule is OC[C@@]12COc3ccccc3[C@@H]1CN(Cc1c(Cl)cncc1Cl)C2. The van der Waals surface area contributed by atoms with Crippen LogP contribution in [0.2, 0.25) is 10.0 Å². The van der Waals surface area contributed by atoms with Crippen LogP contribution in [0.1, 0.15) is 17.0 Å². The van der Waals surface area contributed by atoms with Crippen molar-refractivity contribution in [1.82, 2.24) is 9.88 Å². The molecule has 0 bridgehead atoms. The molecule has 126 valence electrons. The minimum Gasteiger partial charge on any atom is -0.493 e. The second-order valence-electron chi connectivity index (χ2n) is 6.65. The molecule has 1 N–H and O–H groups in total. The number of halogens is 2. The number of aromatic nitrogens is 1. The Bertz CT molecular complexity index is 750. The van der Waals surface area contributed by atoms with Crippen LogP contribution in [-0.2, 0) is 6.54 Å². The number of para-hydroxylation sites is 1. The Morgan fingerprint density at radius 1 is 1.25 bits per heavy atom. The molecule has 2 aliphatic heterocycles. The Labute approximate surface area is 151 Å². The van der Waals surface area contributed by atoms with Gasteiger partial charge in [0, 0.05) is 48.9 Å². The first-order valence-electron chi connectivity index (χ1n) is 7.96. The third kappa shape index (κ3) is 2.58. The highest BCUT2D eigenvalue weighted by Gasteiger charge is 2.50. The Balaban J connectivity index is 1.64. The van der Waals surface area contributed by atoms with Crippen LogP contribution in [0.5, 0.6) is 5.75 Å². The van der Waals surface area contributed by atoms with Gasteiger partial charge in [0.1, 0.15) is 5.75 Å². The number of rotatable bonds is 3. The van der Waals surface area contributed by atoms with Crippen molar-refractivity contribution in [1.29, 1.82) is 0 Å². The lowest BCUT2D eigenvalue weighted by molar-refractivity contribution is 0.0457. The first-order valence-corrected chi connectivity index (χ1v) is 8.71. The van der Waals surface area contributed by atoms with Gasteiger partial charge >= 0.3 is 0 Å². The molecule has 0 spiro atoms. The third-order valence-corrected chi connectivity index (χ3v) is 5.83. The number of aliphatic hydroxyl groups excluding tert-OH is 1. The molecule has 0 radical (unpaired) electrons. The van der Waals surface area contributed by atoms with Crippen LogP contribution in [0.4, 0.5) is 0 Å². The van der Waals surface area contributed by atoms with E-state index >= 15 is 0 Å². The zero-order chi connectivity index (χ0) is 16.7. The van der Waals surface area contributed by atoms with Gasteiger partial charge in [0.2, 0.25) is 0 Å². The molecule has 1 fully saturated rings. The van der Waals surface area contributed by atoms with Crippen molar-refractivity contribution in [2.45, 2.75) is 12.5 Å². The van der Waals surface area contributed by atoms with Crippen molar-refractivity contribution in [3.63, 3.8) is 0 Å². The van der Waals surface area contributed by atoms with Gasteiger partial charge in [0.15, 0.2) is 0 Å². The van der Waals surface area contributed by atoms with Crippen LogP contribution in [0.3, 0.4) is 0 Å². The van der Waals surface area contributed by atoms with Crippen molar-refractivity contribution in [3.8, 4) is 5.75 Å². The number of pyridine rings is 1. The summed E-state index contributed by atoms with van der Waals surface area (Å²) in [6.07, 6.45) is 3.23. The summed E-state index contributed by atoms with van der Waals surface area (Å²) in [4.78, 5) is 6.30. The number of aliphatic hydroxyl groups is 1. The van der Waals surface area contributed by atoms with E-state index in [1.54, 1.807) is 12.4 Å². The highest BCUT2D eigenvalue weighted by molar-refractivity contribution is 6.35. The molecule has 2 atom stereocenters. The van der Waals surface area contributed by atoms with Gasteiger partial charge in [0.05, 0.1) is 23.3 Å². The highest BCUT2D eigenvalue weighted by Crippen LogP contribution is 2.49. The second-order valence-corrected chi connectivity index (χ2v) is 7.47. The number of ether oxygens (including phenoxy) is 1. The first kappa shape index (κ1) is 16.2. The summed E-state index contributed by atoms with van der Waals surface area (Å²) in [6, 6.07) is 8.10. The molecule has 1 aromatic carbocycles. The van der Waals surface area contributed by atoms with E-state index in [0.717, 1.165) is 24.4 Å². The quantitative estimate of drug-likeness (QED) is 0.906. The molecule has 1 aromatic heterocycles. The molecule has 0 amide bonds. The van der Waals surface area contributed by atoms with Crippen molar-refractivity contribution in [3.05, 3.63) is 57.8 Å².